The van der Waals surface area contributed by atoms with Crippen molar-refractivity contribution in [1.82, 2.24) is 4.90 Å². The number of carboxylic acids is 1. The highest BCUT2D eigenvalue weighted by atomic mass is 16.5. The zero-order valence-electron chi connectivity index (χ0n) is 11.2. The largest absolute Gasteiger partial charge is 0.481 e. The third kappa shape index (κ3) is 4.64. The van der Waals surface area contributed by atoms with Crippen molar-refractivity contribution in [2.24, 2.45) is 11.3 Å². The number of nitrogens with zero attached hydrogens (tertiary/aromatic N) is 1. The van der Waals surface area contributed by atoms with Crippen molar-refractivity contribution in [3.8, 4) is 0 Å². The van der Waals surface area contributed by atoms with Gasteiger partial charge in [0.1, 0.15) is 0 Å². The Balaban J connectivity index is 2.18. The van der Waals surface area contributed by atoms with Crippen LogP contribution in [0.5, 0.6) is 0 Å². The zero-order valence-corrected chi connectivity index (χ0v) is 11.2. The molecule has 1 N–H and O–H groups in total. The molecule has 1 rings (SSSR count). The number of hydrogen-bond acceptors (Lipinski definition) is 3. The summed E-state index contributed by atoms with van der Waals surface area (Å²) in [4.78, 5) is 13.4. The van der Waals surface area contributed by atoms with Gasteiger partial charge < -0.3 is 14.7 Å². The molecule has 0 aromatic rings. The zero-order chi connectivity index (χ0) is 12.9. The molecule has 0 saturated carbocycles. The molecule has 100 valence electrons. The first-order valence-corrected chi connectivity index (χ1v) is 6.40. The average molecular weight is 243 g/mol. The topological polar surface area (TPSA) is 49.8 Å². The number of methoxy groups -OCH3 is 1. The maximum absolute atomic E-state index is 11.0. The molecular weight excluding hydrogens is 218 g/mol. The van der Waals surface area contributed by atoms with Crippen LogP contribution in [0, 0.1) is 11.3 Å². The molecule has 0 aromatic heterocycles. The number of rotatable bonds is 7. The number of likely N-dealkylation sites (tertiary alicyclic amines) is 1. The Morgan fingerprint density at radius 1 is 1.53 bits per heavy atom. The van der Waals surface area contributed by atoms with Gasteiger partial charge in [-0.25, -0.2) is 0 Å². The van der Waals surface area contributed by atoms with Crippen molar-refractivity contribution in [3.05, 3.63) is 0 Å². The van der Waals surface area contributed by atoms with E-state index < -0.39 is 11.4 Å². The van der Waals surface area contributed by atoms with Gasteiger partial charge in [0, 0.05) is 13.7 Å². The summed E-state index contributed by atoms with van der Waals surface area (Å²) in [5.74, 6) is -0.0383. The molecule has 1 unspecified atom stereocenters. The van der Waals surface area contributed by atoms with E-state index in [0.717, 1.165) is 39.1 Å². The normalized spacial score (nSPS) is 21.9. The Labute approximate surface area is 104 Å². The summed E-state index contributed by atoms with van der Waals surface area (Å²) in [6, 6.07) is 0. The van der Waals surface area contributed by atoms with Crippen LogP contribution in [0.3, 0.4) is 0 Å². The SMILES string of the molecule is COCC1CCN(CCCC(C)(C)C(=O)O)C1. The molecule has 4 heteroatoms. The van der Waals surface area contributed by atoms with E-state index in [1.54, 1.807) is 21.0 Å². The first-order chi connectivity index (χ1) is 7.95. The molecule has 0 amide bonds. The third-order valence-electron chi connectivity index (χ3n) is 3.63. The van der Waals surface area contributed by atoms with Crippen LogP contribution in [0.1, 0.15) is 33.1 Å². The molecule has 0 aromatic carbocycles. The van der Waals surface area contributed by atoms with E-state index >= 15 is 0 Å². The van der Waals surface area contributed by atoms with Gasteiger partial charge in [0.15, 0.2) is 0 Å². The predicted octanol–water partition coefficient (Wildman–Crippen LogP) is 1.85. The highest BCUT2D eigenvalue weighted by Gasteiger charge is 2.27. The summed E-state index contributed by atoms with van der Waals surface area (Å²) < 4.78 is 5.16. The van der Waals surface area contributed by atoms with Crippen molar-refractivity contribution in [3.63, 3.8) is 0 Å². The van der Waals surface area contributed by atoms with Crippen molar-refractivity contribution >= 4 is 5.97 Å². The Bertz CT molecular complexity index is 253. The van der Waals surface area contributed by atoms with Crippen LogP contribution in [-0.4, -0.2) is 49.3 Å². The Morgan fingerprint density at radius 3 is 2.82 bits per heavy atom. The fourth-order valence-corrected chi connectivity index (χ4v) is 2.34. The number of carbonyl (C=O) groups is 1. The summed E-state index contributed by atoms with van der Waals surface area (Å²) in [5, 5.41) is 9.02. The van der Waals surface area contributed by atoms with Crippen LogP contribution >= 0.6 is 0 Å². The van der Waals surface area contributed by atoms with Gasteiger partial charge >= 0.3 is 5.97 Å². The van der Waals surface area contributed by atoms with E-state index in [1.165, 1.54) is 6.42 Å². The molecule has 0 aliphatic carbocycles. The molecule has 0 spiro atoms. The standard InChI is InChI=1S/C13H25NO3/c1-13(2,12(15)16)6-4-7-14-8-5-11(9-14)10-17-3/h11H,4-10H2,1-3H3,(H,15,16). The van der Waals surface area contributed by atoms with E-state index in [1.807, 2.05) is 0 Å². The molecule has 1 aliphatic rings. The summed E-state index contributed by atoms with van der Waals surface area (Å²) in [6.07, 6.45) is 2.91. The van der Waals surface area contributed by atoms with E-state index in [2.05, 4.69) is 4.90 Å². The van der Waals surface area contributed by atoms with Crippen LogP contribution in [0.4, 0.5) is 0 Å². The molecular formula is C13H25NO3. The molecule has 1 fully saturated rings. The molecule has 1 atom stereocenters. The minimum Gasteiger partial charge on any atom is -0.481 e. The smallest absolute Gasteiger partial charge is 0.309 e. The fourth-order valence-electron chi connectivity index (χ4n) is 2.34. The highest BCUT2D eigenvalue weighted by Crippen LogP contribution is 2.24. The Hall–Kier alpha value is -0.610. The first-order valence-electron chi connectivity index (χ1n) is 6.40. The van der Waals surface area contributed by atoms with Gasteiger partial charge in [0.05, 0.1) is 12.0 Å². The Morgan fingerprint density at radius 2 is 2.24 bits per heavy atom. The van der Waals surface area contributed by atoms with Gasteiger partial charge in [0.25, 0.3) is 0 Å². The third-order valence-corrected chi connectivity index (χ3v) is 3.63. The molecule has 4 nitrogen and oxygen atoms in total. The second-order valence-electron chi connectivity index (χ2n) is 5.70. The summed E-state index contributed by atoms with van der Waals surface area (Å²) in [7, 11) is 1.75. The molecule has 0 radical (unpaired) electrons. The number of aliphatic carboxylic acids is 1. The number of ether oxygens (including phenoxy) is 1. The van der Waals surface area contributed by atoms with Gasteiger partial charge in [-0.1, -0.05) is 0 Å². The second-order valence-corrected chi connectivity index (χ2v) is 5.70. The minimum absolute atomic E-state index is 0.592. The van der Waals surface area contributed by atoms with Gasteiger partial charge in [-0.2, -0.15) is 0 Å². The van der Waals surface area contributed by atoms with E-state index in [9.17, 15) is 4.79 Å². The van der Waals surface area contributed by atoms with Crippen molar-refractivity contribution in [2.75, 3.05) is 33.4 Å². The van der Waals surface area contributed by atoms with Crippen molar-refractivity contribution < 1.29 is 14.6 Å². The van der Waals surface area contributed by atoms with E-state index in [4.69, 9.17) is 9.84 Å². The molecule has 17 heavy (non-hydrogen) atoms. The summed E-state index contributed by atoms with van der Waals surface area (Å²) in [6.45, 7) is 7.68. The molecule has 0 bridgehead atoms. The van der Waals surface area contributed by atoms with Crippen LogP contribution in [0.15, 0.2) is 0 Å². The fraction of sp³-hybridized carbons (Fsp3) is 0.923. The van der Waals surface area contributed by atoms with Gasteiger partial charge in [-0.3, -0.25) is 4.79 Å². The van der Waals surface area contributed by atoms with E-state index in [0.29, 0.717) is 5.92 Å². The summed E-state index contributed by atoms with van der Waals surface area (Å²) >= 11 is 0. The number of carboxylic acid groups (broad SMARTS) is 1. The average Bonchev–Trinajstić information content (AvgIpc) is 2.66. The molecule has 1 saturated heterocycles. The second kappa shape index (κ2) is 6.36. The lowest BCUT2D eigenvalue weighted by atomic mass is 9.88. The van der Waals surface area contributed by atoms with Crippen LogP contribution in [-0.2, 0) is 9.53 Å². The molecule has 1 aliphatic heterocycles. The van der Waals surface area contributed by atoms with Gasteiger partial charge in [0.2, 0.25) is 0 Å². The lowest BCUT2D eigenvalue weighted by Gasteiger charge is -2.21. The number of hydrogen-bond donors (Lipinski definition) is 1. The minimum atomic E-state index is -0.698. The van der Waals surface area contributed by atoms with Crippen molar-refractivity contribution in [1.29, 1.82) is 0 Å². The van der Waals surface area contributed by atoms with Gasteiger partial charge in [-0.15, -0.1) is 0 Å². The summed E-state index contributed by atoms with van der Waals surface area (Å²) in [5.41, 5.74) is -0.592. The predicted molar refractivity (Wildman–Crippen MR) is 67.1 cm³/mol. The van der Waals surface area contributed by atoms with E-state index in [-0.39, 0.29) is 0 Å². The Kier molecular flexibility index (Phi) is 5.40. The highest BCUT2D eigenvalue weighted by molar-refractivity contribution is 5.73. The first kappa shape index (κ1) is 14.5. The monoisotopic (exact) mass is 243 g/mol. The molecule has 1 heterocycles. The van der Waals surface area contributed by atoms with Crippen molar-refractivity contribution in [2.45, 2.75) is 33.1 Å². The maximum Gasteiger partial charge on any atom is 0.309 e. The maximum atomic E-state index is 11.0. The van der Waals surface area contributed by atoms with Crippen LogP contribution in [0.2, 0.25) is 0 Å². The lowest BCUT2D eigenvalue weighted by Crippen LogP contribution is -2.27. The van der Waals surface area contributed by atoms with Crippen LogP contribution in [0.25, 0.3) is 0 Å². The lowest BCUT2D eigenvalue weighted by molar-refractivity contribution is -0.147. The van der Waals surface area contributed by atoms with Gasteiger partial charge in [-0.05, 0) is 52.1 Å². The quantitative estimate of drug-likeness (QED) is 0.741. The van der Waals surface area contributed by atoms with Crippen LogP contribution < -0.4 is 0 Å².